The maximum Gasteiger partial charge on any atom is 0.136 e. The largest absolute Gasteiger partial charge is 0.457 e. The van der Waals surface area contributed by atoms with Crippen molar-refractivity contribution in [2.24, 2.45) is 0 Å². The number of pyridine rings is 1. The Morgan fingerprint density at radius 2 is 1.56 bits per heavy atom. The summed E-state index contributed by atoms with van der Waals surface area (Å²) in [4.78, 5) is 7.42. The first-order valence-electron chi connectivity index (χ1n) is 11.5. The van der Waals surface area contributed by atoms with E-state index in [9.17, 15) is 4.39 Å². The van der Waals surface area contributed by atoms with E-state index in [2.05, 4.69) is 65.6 Å². The quantitative estimate of drug-likeness (QED) is 0.274. The average molecular weight is 447 g/mol. The van der Waals surface area contributed by atoms with Gasteiger partial charge in [0.25, 0.3) is 0 Å². The smallest absolute Gasteiger partial charge is 0.136 e. The zero-order valence-corrected chi connectivity index (χ0v) is 18.6. The van der Waals surface area contributed by atoms with Crippen molar-refractivity contribution < 1.29 is 9.13 Å². The Kier molecular flexibility index (Phi) is 5.19. The van der Waals surface area contributed by atoms with Crippen LogP contribution in [0.3, 0.4) is 0 Å². The van der Waals surface area contributed by atoms with Gasteiger partial charge >= 0.3 is 0 Å². The summed E-state index contributed by atoms with van der Waals surface area (Å²) < 4.78 is 19.3. The first-order chi connectivity index (χ1) is 16.8. The molecule has 0 saturated carbocycles. The molecule has 4 aromatic carbocycles. The lowest BCUT2D eigenvalue weighted by Crippen LogP contribution is -2.23. The van der Waals surface area contributed by atoms with Crippen LogP contribution in [-0.2, 0) is 6.42 Å². The number of benzene rings is 4. The van der Waals surface area contributed by atoms with Crippen molar-refractivity contribution in [1.82, 2.24) is 4.98 Å². The Labute approximate surface area is 198 Å². The van der Waals surface area contributed by atoms with E-state index in [1.54, 1.807) is 12.1 Å². The molecule has 0 bridgehead atoms. The third kappa shape index (κ3) is 3.77. The van der Waals surface area contributed by atoms with Crippen molar-refractivity contribution in [3.63, 3.8) is 0 Å². The zero-order valence-electron chi connectivity index (χ0n) is 18.6. The van der Waals surface area contributed by atoms with Gasteiger partial charge in [0.2, 0.25) is 0 Å². The highest BCUT2D eigenvalue weighted by molar-refractivity contribution is 5.87. The average Bonchev–Trinajstić information content (AvgIpc) is 3.30. The fourth-order valence-corrected chi connectivity index (χ4v) is 4.83. The molecule has 1 aliphatic rings. The van der Waals surface area contributed by atoms with Crippen molar-refractivity contribution in [1.29, 1.82) is 0 Å². The number of rotatable bonds is 5. The van der Waals surface area contributed by atoms with Gasteiger partial charge < -0.3 is 9.64 Å². The summed E-state index contributed by atoms with van der Waals surface area (Å²) in [6.07, 6.45) is 2.11. The summed E-state index contributed by atoms with van der Waals surface area (Å²) in [6, 6.07) is 35.4. The number of fused-ring (bicyclic) bond motifs is 2. The first kappa shape index (κ1) is 20.4. The van der Waals surface area contributed by atoms with Crippen molar-refractivity contribution >= 4 is 22.4 Å². The number of hydrogen-bond donors (Lipinski definition) is 0. The van der Waals surface area contributed by atoms with Crippen LogP contribution in [0.5, 0.6) is 11.5 Å². The Morgan fingerprint density at radius 1 is 0.765 bits per heavy atom. The van der Waals surface area contributed by atoms with Crippen molar-refractivity contribution in [3.8, 4) is 11.5 Å². The zero-order chi connectivity index (χ0) is 22.9. The van der Waals surface area contributed by atoms with Crippen LogP contribution in [0.15, 0.2) is 109 Å². The number of aryl methyl sites for hydroxylation is 1. The normalized spacial score (nSPS) is 14.7. The molecular weight excluding hydrogens is 423 g/mol. The van der Waals surface area contributed by atoms with E-state index in [4.69, 9.17) is 9.72 Å². The van der Waals surface area contributed by atoms with Gasteiger partial charge in [0.1, 0.15) is 23.1 Å². The van der Waals surface area contributed by atoms with Crippen LogP contribution >= 0.6 is 0 Å². The monoisotopic (exact) mass is 446 g/mol. The van der Waals surface area contributed by atoms with Gasteiger partial charge in [-0.25, -0.2) is 9.37 Å². The molecule has 3 nitrogen and oxygen atoms in total. The molecule has 4 heteroatoms. The number of ether oxygens (including phenoxy) is 1. The molecule has 0 unspecified atom stereocenters. The maximum absolute atomic E-state index is 13.3. The molecule has 6 rings (SSSR count). The van der Waals surface area contributed by atoms with E-state index >= 15 is 0 Å². The Balaban J connectivity index is 1.42. The highest BCUT2D eigenvalue weighted by Crippen LogP contribution is 2.43. The molecule has 5 aromatic rings. The van der Waals surface area contributed by atoms with E-state index < -0.39 is 0 Å². The van der Waals surface area contributed by atoms with Crippen LogP contribution in [-0.4, -0.2) is 4.98 Å². The molecule has 0 spiro atoms. The number of anilines is 2. The van der Waals surface area contributed by atoms with Crippen LogP contribution in [0.2, 0.25) is 0 Å². The Morgan fingerprint density at radius 3 is 2.41 bits per heavy atom. The lowest BCUT2D eigenvalue weighted by molar-refractivity contribution is 0.486. The second kappa shape index (κ2) is 8.64. The minimum atomic E-state index is -0.286. The topological polar surface area (TPSA) is 25.4 Å². The second-order valence-electron chi connectivity index (χ2n) is 8.51. The van der Waals surface area contributed by atoms with Crippen LogP contribution in [0.1, 0.15) is 23.6 Å². The van der Waals surface area contributed by atoms with Gasteiger partial charge in [-0.2, -0.15) is 0 Å². The summed E-state index contributed by atoms with van der Waals surface area (Å²) in [7, 11) is 0. The molecule has 0 radical (unpaired) electrons. The number of hydrogen-bond acceptors (Lipinski definition) is 3. The summed E-state index contributed by atoms with van der Waals surface area (Å²) in [5.74, 6) is 1.90. The third-order valence-electron chi connectivity index (χ3n) is 6.41. The van der Waals surface area contributed by atoms with Crippen LogP contribution in [0.25, 0.3) is 10.9 Å². The van der Waals surface area contributed by atoms with Crippen molar-refractivity contribution in [2.75, 3.05) is 4.90 Å². The Bertz CT molecular complexity index is 1450. The molecule has 0 N–H and O–H groups in total. The third-order valence-corrected chi connectivity index (χ3v) is 6.41. The van der Waals surface area contributed by atoms with Gasteiger partial charge in [-0.05, 0) is 84.6 Å². The molecule has 1 aliphatic carbocycles. The summed E-state index contributed by atoms with van der Waals surface area (Å²) in [6.45, 7) is 0. The fourth-order valence-electron chi connectivity index (χ4n) is 4.83. The molecule has 1 atom stereocenters. The summed E-state index contributed by atoms with van der Waals surface area (Å²) in [5, 5.41) is 0.912. The number of aromatic nitrogens is 1. The molecule has 0 saturated heterocycles. The molecular formula is C30H23FN2O. The predicted molar refractivity (Wildman–Crippen MR) is 134 cm³/mol. The molecule has 1 aromatic heterocycles. The molecule has 34 heavy (non-hydrogen) atoms. The maximum atomic E-state index is 13.3. The van der Waals surface area contributed by atoms with Gasteiger partial charge in [0.15, 0.2) is 0 Å². The lowest BCUT2D eigenvalue weighted by Gasteiger charge is -2.31. The number of nitrogens with zero attached hydrogens (tertiary/aromatic N) is 2. The highest BCUT2D eigenvalue weighted by atomic mass is 19.1. The lowest BCUT2D eigenvalue weighted by atomic mass is 10.1. The van der Waals surface area contributed by atoms with Gasteiger partial charge in [0.05, 0.1) is 11.6 Å². The van der Waals surface area contributed by atoms with Gasteiger partial charge in [-0.15, -0.1) is 0 Å². The molecule has 0 fully saturated rings. The molecule has 166 valence electrons. The van der Waals surface area contributed by atoms with Gasteiger partial charge in [-0.1, -0.05) is 48.5 Å². The van der Waals surface area contributed by atoms with Crippen LogP contribution in [0, 0.1) is 5.82 Å². The SMILES string of the molecule is Fc1ccc(Oc2cccc3nc(N(c4ccccc4)[C@@H]4CCc5ccccc54)ccc23)cc1. The van der Waals surface area contributed by atoms with Crippen LogP contribution < -0.4 is 9.64 Å². The Hall–Kier alpha value is -4.18. The van der Waals surface area contributed by atoms with E-state index in [-0.39, 0.29) is 11.9 Å². The van der Waals surface area contributed by atoms with Crippen molar-refractivity contribution in [2.45, 2.75) is 18.9 Å². The van der Waals surface area contributed by atoms with E-state index in [0.717, 1.165) is 35.2 Å². The fraction of sp³-hybridized carbons (Fsp3) is 0.100. The van der Waals surface area contributed by atoms with Gasteiger partial charge in [0, 0.05) is 11.1 Å². The van der Waals surface area contributed by atoms with Gasteiger partial charge in [-0.3, -0.25) is 0 Å². The van der Waals surface area contributed by atoms with Crippen molar-refractivity contribution in [3.05, 3.63) is 126 Å². The first-order valence-corrected chi connectivity index (χ1v) is 11.5. The number of para-hydroxylation sites is 1. The predicted octanol–water partition coefficient (Wildman–Crippen LogP) is 7.99. The molecule has 0 amide bonds. The minimum absolute atomic E-state index is 0.224. The van der Waals surface area contributed by atoms with E-state index in [0.29, 0.717) is 11.5 Å². The van der Waals surface area contributed by atoms with Crippen LogP contribution in [0.4, 0.5) is 15.9 Å². The van der Waals surface area contributed by atoms with E-state index in [1.807, 2.05) is 24.3 Å². The minimum Gasteiger partial charge on any atom is -0.457 e. The highest BCUT2D eigenvalue weighted by Gasteiger charge is 2.30. The second-order valence-corrected chi connectivity index (χ2v) is 8.51. The summed E-state index contributed by atoms with van der Waals surface area (Å²) in [5.41, 5.74) is 4.74. The molecule has 0 aliphatic heterocycles. The van der Waals surface area contributed by atoms with E-state index in [1.165, 1.54) is 23.3 Å². The standard InChI is InChI=1S/C30H23FN2O/c31-22-14-16-24(17-15-22)34-29-12-6-11-27-26(29)18-20-30(32-27)33(23-8-2-1-3-9-23)28-19-13-21-7-4-5-10-25(21)28/h1-12,14-18,20,28H,13,19H2/t28-/m1/s1. The number of halogens is 1. The molecule has 1 heterocycles. The summed E-state index contributed by atoms with van der Waals surface area (Å²) >= 11 is 0.